The first kappa shape index (κ1) is 16.2. The van der Waals surface area contributed by atoms with Gasteiger partial charge < -0.3 is 17.4 Å². The molecule has 7 heteroatoms. The molecule has 0 bridgehead atoms. The maximum atomic E-state index is 11.8. The Morgan fingerprint density at radius 1 is 1.38 bits per heavy atom. The minimum Gasteiger partial charge on any atom is -1.00 e. The monoisotopic (exact) mass is 331 g/mol. The summed E-state index contributed by atoms with van der Waals surface area (Å²) in [5, 5.41) is 0. The van der Waals surface area contributed by atoms with Crippen molar-refractivity contribution in [3.63, 3.8) is 0 Å². The number of hydrogen-bond acceptors (Lipinski definition) is 1. The van der Waals surface area contributed by atoms with E-state index in [1.54, 1.807) is 0 Å². The Bertz CT molecular complexity index is 251. The molecular formula is C6H2ClF3IMgN. The molecule has 0 aliphatic rings. The summed E-state index contributed by atoms with van der Waals surface area (Å²) in [5.74, 6) is 0. The first-order chi connectivity index (χ1) is 5.00. The van der Waals surface area contributed by atoms with Crippen LogP contribution in [-0.4, -0.2) is 28.0 Å². The van der Waals surface area contributed by atoms with Crippen LogP contribution in [-0.2, 0) is 6.18 Å². The van der Waals surface area contributed by atoms with Crippen LogP contribution >= 0.6 is 22.6 Å². The maximum absolute atomic E-state index is 11.8. The molecule has 0 saturated carbocycles. The van der Waals surface area contributed by atoms with Crippen molar-refractivity contribution in [3.8, 4) is 0 Å². The fourth-order valence-corrected chi connectivity index (χ4v) is 0.788. The molecule has 0 aromatic carbocycles. The molecule has 1 aromatic heterocycles. The number of nitrogens with zero attached hydrogens (tertiary/aromatic N) is 1. The van der Waals surface area contributed by atoms with Crippen LogP contribution < -0.4 is 12.4 Å². The Labute approximate surface area is 109 Å². The Kier molecular flexibility index (Phi) is 7.78. The number of rotatable bonds is 0. The minimum atomic E-state index is -4.34. The normalized spacial score (nSPS) is 9.85. The minimum absolute atomic E-state index is 0. The average molecular weight is 332 g/mol. The molecule has 1 rings (SSSR count). The number of alkyl halides is 3. The van der Waals surface area contributed by atoms with Crippen molar-refractivity contribution in [1.29, 1.82) is 0 Å². The molecule has 0 fully saturated rings. The van der Waals surface area contributed by atoms with Crippen LogP contribution in [0.1, 0.15) is 5.56 Å². The van der Waals surface area contributed by atoms with Gasteiger partial charge in [0.2, 0.25) is 0 Å². The maximum Gasteiger partial charge on any atom is 2.00 e. The molecular weight excluding hydrogens is 330 g/mol. The SMILES string of the molecule is FC(F)(F)c1[c-]cc(I)nc1.[Cl-].[Mg+2]. The van der Waals surface area contributed by atoms with Gasteiger partial charge in [-0.05, 0) is 9.26 Å². The van der Waals surface area contributed by atoms with E-state index in [4.69, 9.17) is 0 Å². The van der Waals surface area contributed by atoms with Crippen molar-refractivity contribution < 1.29 is 25.6 Å². The van der Waals surface area contributed by atoms with Crippen molar-refractivity contribution in [3.05, 3.63) is 27.6 Å². The fourth-order valence-electron chi connectivity index (χ4n) is 0.493. The van der Waals surface area contributed by atoms with E-state index in [0.29, 0.717) is 3.70 Å². The second kappa shape index (κ2) is 6.25. The van der Waals surface area contributed by atoms with Crippen molar-refractivity contribution in [2.24, 2.45) is 0 Å². The predicted molar refractivity (Wildman–Crippen MR) is 46.5 cm³/mol. The van der Waals surface area contributed by atoms with E-state index in [1.165, 1.54) is 6.07 Å². The number of pyridine rings is 1. The first-order valence-corrected chi connectivity index (χ1v) is 3.68. The van der Waals surface area contributed by atoms with Crippen LogP contribution in [0.2, 0.25) is 0 Å². The molecule has 0 spiro atoms. The van der Waals surface area contributed by atoms with Crippen LogP contribution in [0.25, 0.3) is 0 Å². The first-order valence-electron chi connectivity index (χ1n) is 2.60. The van der Waals surface area contributed by atoms with Crippen molar-refractivity contribution in [2.45, 2.75) is 6.18 Å². The van der Waals surface area contributed by atoms with Gasteiger partial charge in [-0.1, -0.05) is 6.20 Å². The molecule has 0 amide bonds. The van der Waals surface area contributed by atoms with Crippen LogP contribution in [0.4, 0.5) is 13.2 Å². The van der Waals surface area contributed by atoms with Gasteiger partial charge in [-0.3, -0.25) is 0 Å². The van der Waals surface area contributed by atoms with E-state index in [9.17, 15) is 13.2 Å². The van der Waals surface area contributed by atoms with Gasteiger partial charge in [-0.25, -0.2) is 0 Å². The summed E-state index contributed by atoms with van der Waals surface area (Å²) in [6, 6.07) is 3.28. The zero-order valence-corrected chi connectivity index (χ0v) is 10.5. The van der Waals surface area contributed by atoms with Gasteiger partial charge in [0.05, 0.1) is 0 Å². The molecule has 0 aliphatic heterocycles. The third-order valence-electron chi connectivity index (χ3n) is 0.969. The van der Waals surface area contributed by atoms with E-state index < -0.39 is 11.7 Å². The second-order valence-electron chi connectivity index (χ2n) is 1.78. The molecule has 0 N–H and O–H groups in total. The quantitative estimate of drug-likeness (QED) is 0.261. The topological polar surface area (TPSA) is 12.9 Å². The summed E-state index contributed by atoms with van der Waals surface area (Å²) in [5.41, 5.74) is -0.835. The molecule has 1 aromatic rings. The number of aromatic nitrogens is 1. The van der Waals surface area contributed by atoms with Gasteiger partial charge in [-0.2, -0.15) is 19.2 Å². The zero-order chi connectivity index (χ0) is 8.48. The molecule has 68 valence electrons. The Hall–Kier alpha value is 0.726. The van der Waals surface area contributed by atoms with Gasteiger partial charge in [-0.15, -0.1) is 28.7 Å². The number of halogens is 5. The van der Waals surface area contributed by atoms with Crippen LogP contribution in [0.3, 0.4) is 0 Å². The summed E-state index contributed by atoms with van der Waals surface area (Å²) in [7, 11) is 0. The van der Waals surface area contributed by atoms with Crippen molar-refractivity contribution >= 4 is 45.6 Å². The van der Waals surface area contributed by atoms with E-state index >= 15 is 0 Å². The smallest absolute Gasteiger partial charge is 1.00 e. The van der Waals surface area contributed by atoms with Crippen LogP contribution in [0, 0.1) is 9.77 Å². The van der Waals surface area contributed by atoms with Gasteiger partial charge in [0.25, 0.3) is 0 Å². The molecule has 1 heterocycles. The van der Waals surface area contributed by atoms with E-state index in [0.717, 1.165) is 6.20 Å². The standard InChI is InChI=1S/C6H2F3IN.ClH.Mg/c7-6(8,9)4-1-2-5(10)11-3-4;;/h2-3H;1H;/q-1;;+2/p-1. The second-order valence-corrected chi connectivity index (χ2v) is 2.89. The fraction of sp³-hybridized carbons (Fsp3) is 0.167. The molecule has 13 heavy (non-hydrogen) atoms. The summed E-state index contributed by atoms with van der Waals surface area (Å²) in [6.45, 7) is 0. The van der Waals surface area contributed by atoms with Crippen LogP contribution in [0.15, 0.2) is 12.3 Å². The molecule has 0 unspecified atom stereocenters. The van der Waals surface area contributed by atoms with Crippen molar-refractivity contribution in [1.82, 2.24) is 4.98 Å². The summed E-state index contributed by atoms with van der Waals surface area (Å²) >= 11 is 1.81. The average Bonchev–Trinajstić information content (AvgIpc) is 1.86. The molecule has 0 atom stereocenters. The summed E-state index contributed by atoms with van der Waals surface area (Å²) in [4.78, 5) is 3.48. The van der Waals surface area contributed by atoms with Gasteiger partial charge in [0.15, 0.2) is 0 Å². The summed E-state index contributed by atoms with van der Waals surface area (Å²) in [6.07, 6.45) is -3.57. The largest absolute Gasteiger partial charge is 2.00 e. The molecule has 0 radical (unpaired) electrons. The van der Waals surface area contributed by atoms with Gasteiger partial charge >= 0.3 is 29.2 Å². The number of hydrogen-bond donors (Lipinski definition) is 0. The molecule has 1 nitrogen and oxygen atoms in total. The Morgan fingerprint density at radius 3 is 2.23 bits per heavy atom. The van der Waals surface area contributed by atoms with E-state index in [2.05, 4.69) is 11.1 Å². The molecule has 0 saturated heterocycles. The van der Waals surface area contributed by atoms with Gasteiger partial charge in [0.1, 0.15) is 0 Å². The third-order valence-corrected chi connectivity index (χ3v) is 1.56. The molecule has 0 aliphatic carbocycles. The Balaban J connectivity index is 0. The van der Waals surface area contributed by atoms with Crippen LogP contribution in [0.5, 0.6) is 0 Å². The van der Waals surface area contributed by atoms with E-state index in [1.807, 2.05) is 22.6 Å². The zero-order valence-electron chi connectivity index (χ0n) is 6.20. The summed E-state index contributed by atoms with van der Waals surface area (Å²) < 4.78 is 36.0. The van der Waals surface area contributed by atoms with Crippen molar-refractivity contribution in [2.75, 3.05) is 0 Å². The Morgan fingerprint density at radius 2 is 1.92 bits per heavy atom. The van der Waals surface area contributed by atoms with E-state index in [-0.39, 0.29) is 35.5 Å². The third kappa shape index (κ3) is 5.23. The predicted octanol–water partition coefficient (Wildman–Crippen LogP) is -0.872. The van der Waals surface area contributed by atoms with Gasteiger partial charge in [0, 0.05) is 0 Å².